The summed E-state index contributed by atoms with van der Waals surface area (Å²) < 4.78 is 5.33. The van der Waals surface area contributed by atoms with Crippen molar-refractivity contribution in [1.29, 1.82) is 0 Å². The van der Waals surface area contributed by atoms with Crippen molar-refractivity contribution in [2.45, 2.75) is 20.3 Å². The molecule has 0 radical (unpaired) electrons. The van der Waals surface area contributed by atoms with Gasteiger partial charge < -0.3 is 14.5 Å². The van der Waals surface area contributed by atoms with Crippen LogP contribution in [0.2, 0.25) is 0 Å². The Bertz CT molecular complexity index is 794. The van der Waals surface area contributed by atoms with Crippen LogP contribution in [-0.4, -0.2) is 54.9 Å². The maximum absolute atomic E-state index is 12.7. The van der Waals surface area contributed by atoms with Gasteiger partial charge in [0.1, 0.15) is 5.75 Å². The van der Waals surface area contributed by atoms with E-state index in [0.717, 1.165) is 27.3 Å². The fraction of sp³-hybridized carbons (Fsp3) is 0.400. The Labute approximate surface area is 158 Å². The van der Waals surface area contributed by atoms with Crippen molar-refractivity contribution in [2.75, 3.05) is 33.3 Å². The van der Waals surface area contributed by atoms with Gasteiger partial charge in [0.15, 0.2) is 0 Å². The molecule has 0 atom stereocenters. The van der Waals surface area contributed by atoms with Crippen LogP contribution in [0.4, 0.5) is 0 Å². The Morgan fingerprint density at radius 3 is 2.35 bits per heavy atom. The standard InChI is InChI=1S/C20H24N2O3S/c1-14-15(2)17(25-3)7-6-16(14)13-19(23)21-8-10-22(11-9-21)20(24)18-5-4-12-26-18/h4-7,12H,8-11,13H2,1-3H3. The van der Waals surface area contributed by atoms with Crippen LogP contribution in [-0.2, 0) is 11.2 Å². The normalized spacial score (nSPS) is 14.4. The topological polar surface area (TPSA) is 49.9 Å². The summed E-state index contributed by atoms with van der Waals surface area (Å²) in [5, 5.41) is 1.91. The molecule has 138 valence electrons. The number of amides is 2. The summed E-state index contributed by atoms with van der Waals surface area (Å²) in [5.41, 5.74) is 3.21. The zero-order valence-electron chi connectivity index (χ0n) is 15.4. The Kier molecular flexibility index (Phi) is 5.61. The number of carbonyl (C=O) groups is 2. The highest BCUT2D eigenvalue weighted by molar-refractivity contribution is 7.12. The molecule has 1 fully saturated rings. The van der Waals surface area contributed by atoms with E-state index in [4.69, 9.17) is 4.74 Å². The predicted molar refractivity (Wildman–Crippen MR) is 103 cm³/mol. The van der Waals surface area contributed by atoms with Crippen LogP contribution in [0.1, 0.15) is 26.4 Å². The number of methoxy groups -OCH3 is 1. The Balaban J connectivity index is 1.59. The number of hydrogen-bond donors (Lipinski definition) is 0. The third kappa shape index (κ3) is 3.75. The molecule has 3 rings (SSSR count). The third-order valence-corrected chi connectivity index (χ3v) is 5.92. The Hall–Kier alpha value is -2.34. The van der Waals surface area contributed by atoms with Gasteiger partial charge in [-0.2, -0.15) is 0 Å². The van der Waals surface area contributed by atoms with Crippen LogP contribution >= 0.6 is 11.3 Å². The number of rotatable bonds is 4. The molecule has 1 aliphatic rings. The first-order chi connectivity index (χ1) is 12.5. The Morgan fingerprint density at radius 1 is 1.04 bits per heavy atom. The van der Waals surface area contributed by atoms with Crippen molar-refractivity contribution in [2.24, 2.45) is 0 Å². The molecule has 26 heavy (non-hydrogen) atoms. The molecule has 2 aromatic rings. The minimum atomic E-state index is 0.0636. The van der Waals surface area contributed by atoms with E-state index in [0.29, 0.717) is 32.6 Å². The summed E-state index contributed by atoms with van der Waals surface area (Å²) in [4.78, 5) is 29.5. The molecule has 0 N–H and O–H groups in total. The lowest BCUT2D eigenvalue weighted by molar-refractivity contribution is -0.131. The van der Waals surface area contributed by atoms with Crippen LogP contribution in [0, 0.1) is 13.8 Å². The lowest BCUT2D eigenvalue weighted by Gasteiger charge is -2.34. The summed E-state index contributed by atoms with van der Waals surface area (Å²) in [6, 6.07) is 7.62. The molecule has 6 heteroatoms. The molecule has 2 heterocycles. The highest BCUT2D eigenvalue weighted by Gasteiger charge is 2.25. The van der Waals surface area contributed by atoms with E-state index in [9.17, 15) is 9.59 Å². The first kappa shape index (κ1) is 18.5. The summed E-state index contributed by atoms with van der Waals surface area (Å²) in [6.07, 6.45) is 0.384. The molecule has 0 spiro atoms. The number of thiophene rings is 1. The molecule has 0 bridgehead atoms. The number of ether oxygens (including phenoxy) is 1. The molecule has 1 aromatic carbocycles. The number of hydrogen-bond acceptors (Lipinski definition) is 4. The van der Waals surface area contributed by atoms with Crippen molar-refractivity contribution in [3.05, 3.63) is 51.2 Å². The molecule has 2 amide bonds. The first-order valence-electron chi connectivity index (χ1n) is 8.75. The highest BCUT2D eigenvalue weighted by Crippen LogP contribution is 2.24. The van der Waals surface area contributed by atoms with Crippen LogP contribution in [0.15, 0.2) is 29.6 Å². The summed E-state index contributed by atoms with van der Waals surface area (Å²) in [5.74, 6) is 1.02. The van der Waals surface area contributed by atoms with Gasteiger partial charge in [0, 0.05) is 26.2 Å². The predicted octanol–water partition coefficient (Wildman–Crippen LogP) is 2.90. The van der Waals surface area contributed by atoms with Gasteiger partial charge in [-0.05, 0) is 48.1 Å². The van der Waals surface area contributed by atoms with Crippen molar-refractivity contribution < 1.29 is 14.3 Å². The molecule has 1 aliphatic heterocycles. The van der Waals surface area contributed by atoms with E-state index in [1.54, 1.807) is 7.11 Å². The zero-order chi connectivity index (χ0) is 18.7. The van der Waals surface area contributed by atoms with Crippen molar-refractivity contribution in [3.63, 3.8) is 0 Å². The second-order valence-corrected chi connectivity index (χ2v) is 7.45. The largest absolute Gasteiger partial charge is 0.496 e. The van der Waals surface area contributed by atoms with Crippen molar-refractivity contribution >= 4 is 23.2 Å². The molecule has 0 aliphatic carbocycles. The van der Waals surface area contributed by atoms with E-state index >= 15 is 0 Å². The van der Waals surface area contributed by atoms with Gasteiger partial charge in [0.25, 0.3) is 5.91 Å². The molecule has 5 nitrogen and oxygen atoms in total. The van der Waals surface area contributed by atoms with E-state index < -0.39 is 0 Å². The maximum atomic E-state index is 12.7. The lowest BCUT2D eigenvalue weighted by Crippen LogP contribution is -2.50. The molecule has 1 aromatic heterocycles. The average Bonchev–Trinajstić information content (AvgIpc) is 3.20. The van der Waals surface area contributed by atoms with E-state index in [1.165, 1.54) is 11.3 Å². The molecule has 1 saturated heterocycles. The average molecular weight is 372 g/mol. The van der Waals surface area contributed by atoms with Crippen LogP contribution < -0.4 is 4.74 Å². The second-order valence-electron chi connectivity index (χ2n) is 6.50. The van der Waals surface area contributed by atoms with Gasteiger partial charge in [0.2, 0.25) is 5.91 Å². The van der Waals surface area contributed by atoms with Crippen molar-refractivity contribution in [1.82, 2.24) is 9.80 Å². The quantitative estimate of drug-likeness (QED) is 0.829. The number of piperazine rings is 1. The lowest BCUT2D eigenvalue weighted by atomic mass is 9.99. The van der Waals surface area contributed by atoms with E-state index in [2.05, 4.69) is 0 Å². The fourth-order valence-electron chi connectivity index (χ4n) is 3.25. The minimum Gasteiger partial charge on any atom is -0.496 e. The Morgan fingerprint density at radius 2 is 1.73 bits per heavy atom. The van der Waals surface area contributed by atoms with Gasteiger partial charge in [-0.1, -0.05) is 12.1 Å². The molecular formula is C20H24N2O3S. The highest BCUT2D eigenvalue weighted by atomic mass is 32.1. The zero-order valence-corrected chi connectivity index (χ0v) is 16.3. The SMILES string of the molecule is COc1ccc(CC(=O)N2CCN(C(=O)c3cccs3)CC2)c(C)c1C. The summed E-state index contributed by atoms with van der Waals surface area (Å²) in [6.45, 7) is 6.38. The maximum Gasteiger partial charge on any atom is 0.264 e. The molecular weight excluding hydrogens is 348 g/mol. The molecule has 0 saturated carbocycles. The number of nitrogens with zero attached hydrogens (tertiary/aromatic N) is 2. The van der Waals surface area contributed by atoms with Gasteiger partial charge in [-0.15, -0.1) is 11.3 Å². The summed E-state index contributed by atoms with van der Waals surface area (Å²) in [7, 11) is 1.66. The van der Waals surface area contributed by atoms with Crippen molar-refractivity contribution in [3.8, 4) is 5.75 Å². The number of benzene rings is 1. The van der Waals surface area contributed by atoms with Gasteiger partial charge >= 0.3 is 0 Å². The van der Waals surface area contributed by atoms with Crippen LogP contribution in [0.5, 0.6) is 5.75 Å². The first-order valence-corrected chi connectivity index (χ1v) is 9.63. The smallest absolute Gasteiger partial charge is 0.264 e. The fourth-order valence-corrected chi connectivity index (χ4v) is 3.95. The van der Waals surface area contributed by atoms with Gasteiger partial charge in [-0.25, -0.2) is 0 Å². The second kappa shape index (κ2) is 7.91. The summed E-state index contributed by atoms with van der Waals surface area (Å²) >= 11 is 1.46. The third-order valence-electron chi connectivity index (χ3n) is 5.06. The molecule has 0 unspecified atom stereocenters. The van der Waals surface area contributed by atoms with E-state index in [1.807, 2.05) is 53.3 Å². The van der Waals surface area contributed by atoms with Crippen LogP contribution in [0.3, 0.4) is 0 Å². The minimum absolute atomic E-state index is 0.0636. The van der Waals surface area contributed by atoms with Gasteiger partial charge in [0.05, 0.1) is 18.4 Å². The van der Waals surface area contributed by atoms with E-state index in [-0.39, 0.29) is 11.8 Å². The monoisotopic (exact) mass is 372 g/mol. The number of carbonyl (C=O) groups excluding carboxylic acids is 2. The van der Waals surface area contributed by atoms with Crippen LogP contribution in [0.25, 0.3) is 0 Å². The van der Waals surface area contributed by atoms with Gasteiger partial charge in [-0.3, -0.25) is 9.59 Å².